The Bertz CT molecular complexity index is 1080. The molecule has 2 N–H and O–H groups in total. The molecule has 1 spiro atoms. The first kappa shape index (κ1) is 20.2. The van der Waals surface area contributed by atoms with Gasteiger partial charge in [0.1, 0.15) is 5.54 Å². The van der Waals surface area contributed by atoms with Crippen LogP contribution in [0.1, 0.15) is 11.1 Å². The molecule has 2 saturated heterocycles. The number of amides is 3. The van der Waals surface area contributed by atoms with Crippen LogP contribution in [0.5, 0.6) is 0 Å². The van der Waals surface area contributed by atoms with E-state index in [-0.39, 0.29) is 36.9 Å². The normalized spacial score (nSPS) is 28.9. The summed E-state index contributed by atoms with van der Waals surface area (Å²) in [5.74, 6) is -2.44. The van der Waals surface area contributed by atoms with Crippen LogP contribution in [0, 0.1) is 11.8 Å². The molecular weight excluding hydrogens is 418 g/mol. The second-order valence-corrected chi connectivity index (χ2v) is 8.65. The molecule has 2 fully saturated rings. The summed E-state index contributed by atoms with van der Waals surface area (Å²) in [7, 11) is 1.52. The lowest BCUT2D eigenvalue weighted by Crippen LogP contribution is -2.53. The summed E-state index contributed by atoms with van der Waals surface area (Å²) in [6.45, 7) is 0.411. The highest BCUT2D eigenvalue weighted by Gasteiger charge is 2.70. The number of carbonyl (C=O) groups excluding carboxylic acids is 3. The zero-order chi connectivity index (χ0) is 21.8. The van der Waals surface area contributed by atoms with E-state index < -0.39 is 17.4 Å². The van der Waals surface area contributed by atoms with E-state index in [9.17, 15) is 14.4 Å². The number of anilines is 1. The molecule has 0 aliphatic carbocycles. The average molecular weight is 440 g/mol. The molecule has 160 valence electrons. The Morgan fingerprint density at radius 3 is 2.61 bits per heavy atom. The van der Waals surface area contributed by atoms with Crippen molar-refractivity contribution in [3.05, 3.63) is 64.7 Å². The van der Waals surface area contributed by atoms with Crippen LogP contribution in [0.25, 0.3) is 0 Å². The number of nitrogens with one attached hydrogen (secondary N) is 2. The molecule has 0 radical (unpaired) electrons. The van der Waals surface area contributed by atoms with Crippen LogP contribution in [0.3, 0.4) is 0 Å². The van der Waals surface area contributed by atoms with Crippen molar-refractivity contribution in [1.82, 2.24) is 10.2 Å². The van der Waals surface area contributed by atoms with Gasteiger partial charge in [-0.05, 0) is 30.2 Å². The Labute approximate surface area is 184 Å². The van der Waals surface area contributed by atoms with E-state index in [1.54, 1.807) is 18.2 Å². The van der Waals surface area contributed by atoms with Crippen molar-refractivity contribution in [3.63, 3.8) is 0 Å². The van der Waals surface area contributed by atoms with Crippen molar-refractivity contribution in [1.29, 1.82) is 0 Å². The predicted octanol–water partition coefficient (Wildman–Crippen LogP) is 1.95. The lowest BCUT2D eigenvalue weighted by molar-refractivity contribution is -0.143. The van der Waals surface area contributed by atoms with Crippen LogP contribution in [-0.4, -0.2) is 48.9 Å². The molecule has 3 heterocycles. The number of rotatable bonds is 5. The van der Waals surface area contributed by atoms with E-state index >= 15 is 0 Å². The summed E-state index contributed by atoms with van der Waals surface area (Å²) >= 11 is 6.26. The molecule has 7 nitrogen and oxygen atoms in total. The maximum absolute atomic E-state index is 13.5. The van der Waals surface area contributed by atoms with Crippen molar-refractivity contribution >= 4 is 35.0 Å². The molecule has 5 rings (SSSR count). The molecule has 2 aromatic rings. The number of hydrogen-bond donors (Lipinski definition) is 2. The summed E-state index contributed by atoms with van der Waals surface area (Å²) < 4.78 is 5.10. The van der Waals surface area contributed by atoms with Gasteiger partial charge in [-0.3, -0.25) is 24.6 Å². The van der Waals surface area contributed by atoms with E-state index in [1.165, 1.54) is 12.0 Å². The van der Waals surface area contributed by atoms with Crippen LogP contribution in [0.4, 0.5) is 5.69 Å². The monoisotopic (exact) mass is 439 g/mol. The average Bonchev–Trinajstić information content (AvgIpc) is 3.33. The fourth-order valence-corrected chi connectivity index (χ4v) is 5.45. The Morgan fingerprint density at radius 1 is 1.10 bits per heavy atom. The summed E-state index contributed by atoms with van der Waals surface area (Å²) in [5.41, 5.74) is 0.914. The van der Waals surface area contributed by atoms with Crippen LogP contribution >= 0.6 is 11.6 Å². The predicted molar refractivity (Wildman–Crippen MR) is 114 cm³/mol. The van der Waals surface area contributed by atoms with Gasteiger partial charge in [0.05, 0.1) is 25.0 Å². The molecule has 3 aliphatic rings. The fourth-order valence-electron chi connectivity index (χ4n) is 5.28. The highest BCUT2D eigenvalue weighted by atomic mass is 35.5. The Kier molecular flexibility index (Phi) is 4.84. The number of imide groups is 1. The number of hydrogen-bond acceptors (Lipinski definition) is 5. The maximum atomic E-state index is 13.5. The molecular formula is C23H22ClN3O4. The quantitative estimate of drug-likeness (QED) is 0.695. The van der Waals surface area contributed by atoms with Crippen molar-refractivity contribution in [3.8, 4) is 0 Å². The minimum atomic E-state index is -1.33. The third-order valence-electron chi connectivity index (χ3n) is 6.59. The first-order chi connectivity index (χ1) is 15.0. The Hall–Kier alpha value is -2.74. The molecule has 3 aliphatic heterocycles. The van der Waals surface area contributed by atoms with Gasteiger partial charge in [-0.25, -0.2) is 0 Å². The van der Waals surface area contributed by atoms with Crippen LogP contribution in [-0.2, 0) is 31.1 Å². The molecule has 0 saturated carbocycles. The van der Waals surface area contributed by atoms with Gasteiger partial charge >= 0.3 is 0 Å². The topological polar surface area (TPSA) is 87.7 Å². The van der Waals surface area contributed by atoms with Gasteiger partial charge in [-0.1, -0.05) is 41.9 Å². The molecule has 0 aromatic heterocycles. The smallest absolute Gasteiger partial charge is 0.250 e. The lowest BCUT2D eigenvalue weighted by atomic mass is 9.76. The van der Waals surface area contributed by atoms with Gasteiger partial charge in [-0.2, -0.15) is 0 Å². The third kappa shape index (κ3) is 2.91. The summed E-state index contributed by atoms with van der Waals surface area (Å²) in [6.07, 6.45) is 0.518. The standard InChI is InChI=1S/C23H22ClN3O4/c1-31-10-9-27-20(28)18-17(11-13-5-3-2-4-6-13)26-23(19(18)21(27)29)15-12-14(24)7-8-16(15)25-22(23)30/h2-8,12,17-19,26H,9-11H2,1H3,(H,25,30)/t17-,18-,19+,23+/m1/s1. The summed E-state index contributed by atoms with van der Waals surface area (Å²) in [4.78, 5) is 41.5. The van der Waals surface area contributed by atoms with E-state index in [4.69, 9.17) is 16.3 Å². The van der Waals surface area contributed by atoms with E-state index in [2.05, 4.69) is 10.6 Å². The number of likely N-dealkylation sites (tertiary alicyclic amines) is 1. The third-order valence-corrected chi connectivity index (χ3v) is 6.82. The van der Waals surface area contributed by atoms with Crippen LogP contribution in [0.2, 0.25) is 5.02 Å². The number of benzene rings is 2. The fraction of sp³-hybridized carbons (Fsp3) is 0.348. The lowest BCUT2D eigenvalue weighted by Gasteiger charge is -2.29. The molecule has 2 aromatic carbocycles. The van der Waals surface area contributed by atoms with Gasteiger partial charge in [0.25, 0.3) is 0 Å². The zero-order valence-corrected chi connectivity index (χ0v) is 17.7. The van der Waals surface area contributed by atoms with Crippen molar-refractivity contribution in [2.75, 3.05) is 25.6 Å². The number of nitrogens with zero attached hydrogens (tertiary/aromatic N) is 1. The Balaban J connectivity index is 1.62. The number of halogens is 1. The van der Waals surface area contributed by atoms with E-state index in [0.717, 1.165) is 5.56 Å². The highest BCUT2D eigenvalue weighted by Crippen LogP contribution is 2.53. The van der Waals surface area contributed by atoms with Crippen LogP contribution < -0.4 is 10.6 Å². The van der Waals surface area contributed by atoms with E-state index in [0.29, 0.717) is 22.7 Å². The van der Waals surface area contributed by atoms with Crippen molar-refractivity contribution < 1.29 is 19.1 Å². The molecule has 0 unspecified atom stereocenters. The first-order valence-corrected chi connectivity index (χ1v) is 10.6. The van der Waals surface area contributed by atoms with Gasteiger partial charge in [0.2, 0.25) is 17.7 Å². The second kappa shape index (κ2) is 7.44. The van der Waals surface area contributed by atoms with Gasteiger partial charge in [-0.15, -0.1) is 0 Å². The second-order valence-electron chi connectivity index (χ2n) is 8.22. The summed E-state index contributed by atoms with van der Waals surface area (Å²) in [6, 6.07) is 14.5. The van der Waals surface area contributed by atoms with E-state index in [1.807, 2.05) is 30.3 Å². The Morgan fingerprint density at radius 2 is 1.87 bits per heavy atom. The van der Waals surface area contributed by atoms with Crippen molar-refractivity contribution in [2.45, 2.75) is 18.0 Å². The van der Waals surface area contributed by atoms with Crippen molar-refractivity contribution in [2.24, 2.45) is 11.8 Å². The molecule has 8 heteroatoms. The van der Waals surface area contributed by atoms with Gasteiger partial charge in [0, 0.05) is 29.4 Å². The molecule has 3 amide bonds. The van der Waals surface area contributed by atoms with Gasteiger partial charge in [0.15, 0.2) is 0 Å². The first-order valence-electron chi connectivity index (χ1n) is 10.2. The SMILES string of the molecule is COCCN1C(=O)[C@H]2[C@@H](C1=O)[C@]1(N[C@@H]2Cc2ccccc2)C(=O)Nc2ccc(Cl)cc21. The number of methoxy groups -OCH3 is 1. The highest BCUT2D eigenvalue weighted by molar-refractivity contribution is 6.31. The minimum absolute atomic E-state index is 0.166. The molecule has 0 bridgehead atoms. The number of fused-ring (bicyclic) bond motifs is 4. The zero-order valence-electron chi connectivity index (χ0n) is 16.9. The number of carbonyl (C=O) groups is 3. The largest absolute Gasteiger partial charge is 0.383 e. The van der Waals surface area contributed by atoms with Crippen LogP contribution in [0.15, 0.2) is 48.5 Å². The maximum Gasteiger partial charge on any atom is 0.250 e. The summed E-state index contributed by atoms with van der Waals surface area (Å²) in [5, 5.41) is 6.76. The van der Waals surface area contributed by atoms with Gasteiger partial charge < -0.3 is 10.1 Å². The number of ether oxygens (including phenoxy) is 1. The molecule has 31 heavy (non-hydrogen) atoms. The molecule has 4 atom stereocenters. The minimum Gasteiger partial charge on any atom is -0.383 e.